The average molecular weight is 426 g/mol. The van der Waals surface area contributed by atoms with Crippen LogP contribution in [0.2, 0.25) is 0 Å². The van der Waals surface area contributed by atoms with Gasteiger partial charge in [-0.1, -0.05) is 24.2 Å². The Morgan fingerprint density at radius 1 is 1.32 bits per heavy atom. The van der Waals surface area contributed by atoms with Gasteiger partial charge in [-0.15, -0.1) is 0 Å². The molecule has 0 saturated carbocycles. The van der Waals surface area contributed by atoms with Crippen molar-refractivity contribution in [1.82, 2.24) is 20.3 Å². The van der Waals surface area contributed by atoms with Crippen LogP contribution >= 0.6 is 0 Å². The van der Waals surface area contributed by atoms with Gasteiger partial charge >= 0.3 is 0 Å². The first kappa shape index (κ1) is 20.9. The molecule has 1 fully saturated rings. The van der Waals surface area contributed by atoms with Gasteiger partial charge in [-0.2, -0.15) is 0 Å². The first-order chi connectivity index (χ1) is 14.8. The first-order valence-electron chi connectivity index (χ1n) is 10.3. The van der Waals surface area contributed by atoms with Gasteiger partial charge < -0.3 is 24.4 Å². The number of fused-ring (bicyclic) bond motifs is 1. The maximum atomic E-state index is 13.4. The monoisotopic (exact) mass is 426 g/mol. The maximum absolute atomic E-state index is 13.4. The minimum absolute atomic E-state index is 0.0764. The molecule has 3 amide bonds. The van der Waals surface area contributed by atoms with Gasteiger partial charge in [0.15, 0.2) is 0 Å². The van der Waals surface area contributed by atoms with Crippen LogP contribution in [0.5, 0.6) is 5.75 Å². The Balaban J connectivity index is 1.71. The third-order valence-electron chi connectivity index (χ3n) is 6.02. The summed E-state index contributed by atoms with van der Waals surface area (Å²) in [5.74, 6) is -0.458. The highest BCUT2D eigenvalue weighted by Crippen LogP contribution is 2.35. The van der Waals surface area contributed by atoms with E-state index in [1.807, 2.05) is 6.92 Å². The normalized spacial score (nSPS) is 22.5. The number of nitrogens with one attached hydrogen (secondary N) is 1. The number of nitrogens with zero attached hydrogens (tertiary/aromatic N) is 3. The average Bonchev–Trinajstić information content (AvgIpc) is 3.27. The topological polar surface area (TPSA) is 105 Å². The molecule has 0 bridgehead atoms. The third kappa shape index (κ3) is 3.43. The highest BCUT2D eigenvalue weighted by molar-refractivity contribution is 6.00. The van der Waals surface area contributed by atoms with Gasteiger partial charge in [-0.05, 0) is 19.1 Å². The van der Waals surface area contributed by atoms with Crippen LogP contribution in [0.15, 0.2) is 28.8 Å². The molecule has 3 heterocycles. The minimum Gasteiger partial charge on any atom is -0.490 e. The molecule has 0 aliphatic carbocycles. The van der Waals surface area contributed by atoms with Crippen molar-refractivity contribution in [3.05, 3.63) is 46.8 Å². The number of ether oxygens (including phenoxy) is 1. The van der Waals surface area contributed by atoms with E-state index in [9.17, 15) is 14.4 Å². The van der Waals surface area contributed by atoms with E-state index < -0.39 is 11.5 Å². The number of hydrogen-bond donors (Lipinski definition) is 1. The fourth-order valence-corrected chi connectivity index (χ4v) is 4.37. The van der Waals surface area contributed by atoms with Crippen molar-refractivity contribution in [3.8, 4) is 5.75 Å². The Labute approximate surface area is 180 Å². The fourth-order valence-electron chi connectivity index (χ4n) is 4.37. The van der Waals surface area contributed by atoms with Gasteiger partial charge in [-0.25, -0.2) is 0 Å². The molecule has 2 aromatic rings. The van der Waals surface area contributed by atoms with Crippen LogP contribution in [-0.2, 0) is 11.2 Å². The molecule has 164 valence electrons. The molecule has 0 radical (unpaired) electrons. The lowest BCUT2D eigenvalue weighted by Gasteiger charge is -2.33. The standard InChI is InChI=1S/C22H26N4O5/c1-5-16-18(13(2)24-31-16)21(29)26-10-15(20(28)25(3)4)22(11-26)12-30-17-9-7-6-8-14(17)19(27)23-22/h6-9,15H,5,10-12H2,1-4H3,(H,23,27)/t15-,22-/m1/s1. The number of aryl methyl sites for hydroxylation is 2. The lowest BCUT2D eigenvalue weighted by Crippen LogP contribution is -2.60. The Bertz CT molecular complexity index is 1050. The molecule has 9 heteroatoms. The molecule has 1 N–H and O–H groups in total. The summed E-state index contributed by atoms with van der Waals surface area (Å²) in [5, 5.41) is 6.95. The quantitative estimate of drug-likeness (QED) is 0.793. The second-order valence-electron chi connectivity index (χ2n) is 8.29. The third-order valence-corrected chi connectivity index (χ3v) is 6.02. The van der Waals surface area contributed by atoms with Gasteiger partial charge in [0.05, 0.1) is 17.2 Å². The Kier molecular flexibility index (Phi) is 5.20. The van der Waals surface area contributed by atoms with Crippen LogP contribution in [0.3, 0.4) is 0 Å². The van der Waals surface area contributed by atoms with Crippen molar-refractivity contribution >= 4 is 17.7 Å². The van der Waals surface area contributed by atoms with Crippen LogP contribution in [-0.4, -0.2) is 72.0 Å². The van der Waals surface area contributed by atoms with Crippen molar-refractivity contribution < 1.29 is 23.6 Å². The molecule has 9 nitrogen and oxygen atoms in total. The molecule has 1 spiro atoms. The molecule has 1 aromatic carbocycles. The molecule has 31 heavy (non-hydrogen) atoms. The number of para-hydroxylation sites is 1. The van der Waals surface area contributed by atoms with Crippen LogP contribution < -0.4 is 10.1 Å². The van der Waals surface area contributed by atoms with E-state index in [4.69, 9.17) is 9.26 Å². The fraction of sp³-hybridized carbons (Fsp3) is 0.455. The smallest absolute Gasteiger partial charge is 0.259 e. The molecule has 1 saturated heterocycles. The molecule has 4 rings (SSSR count). The zero-order valence-electron chi connectivity index (χ0n) is 18.1. The predicted molar refractivity (Wildman–Crippen MR) is 111 cm³/mol. The number of carbonyl (C=O) groups excluding carboxylic acids is 3. The van der Waals surface area contributed by atoms with E-state index in [1.54, 1.807) is 50.2 Å². The predicted octanol–water partition coefficient (Wildman–Crippen LogP) is 1.27. The SMILES string of the molecule is CCc1onc(C)c1C(=O)N1C[C@H](C(=O)N(C)C)[C@]2(COc3ccccc3C(=O)N2)C1. The summed E-state index contributed by atoms with van der Waals surface area (Å²) in [6, 6.07) is 6.95. The molecule has 2 atom stereocenters. The lowest BCUT2D eigenvalue weighted by atomic mass is 9.86. The van der Waals surface area contributed by atoms with Gasteiger partial charge in [-0.3, -0.25) is 14.4 Å². The van der Waals surface area contributed by atoms with Gasteiger partial charge in [0.25, 0.3) is 11.8 Å². The summed E-state index contributed by atoms with van der Waals surface area (Å²) >= 11 is 0. The second-order valence-corrected chi connectivity index (χ2v) is 8.29. The van der Waals surface area contributed by atoms with E-state index in [0.717, 1.165) is 0 Å². The van der Waals surface area contributed by atoms with Crippen molar-refractivity contribution in [2.24, 2.45) is 5.92 Å². The van der Waals surface area contributed by atoms with E-state index in [1.165, 1.54) is 4.90 Å². The lowest BCUT2D eigenvalue weighted by molar-refractivity contribution is -0.134. The van der Waals surface area contributed by atoms with E-state index in [-0.39, 0.29) is 37.4 Å². The van der Waals surface area contributed by atoms with Crippen molar-refractivity contribution in [1.29, 1.82) is 0 Å². The van der Waals surface area contributed by atoms with Gasteiger partial charge in [0.2, 0.25) is 5.91 Å². The molecular formula is C22H26N4O5. The highest BCUT2D eigenvalue weighted by atomic mass is 16.5. The highest BCUT2D eigenvalue weighted by Gasteiger charge is 2.55. The number of rotatable bonds is 3. The van der Waals surface area contributed by atoms with Gasteiger partial charge in [0, 0.05) is 33.6 Å². The number of likely N-dealkylation sites (tertiary alicyclic amines) is 1. The van der Waals surface area contributed by atoms with Crippen LogP contribution in [0.1, 0.15) is 39.1 Å². The molecule has 1 aromatic heterocycles. The molecule has 2 aliphatic heterocycles. The van der Waals surface area contributed by atoms with Gasteiger partial charge in [0.1, 0.15) is 29.2 Å². The number of carbonyl (C=O) groups is 3. The van der Waals surface area contributed by atoms with E-state index in [2.05, 4.69) is 10.5 Å². The number of aromatic nitrogens is 1. The van der Waals surface area contributed by atoms with E-state index >= 15 is 0 Å². The summed E-state index contributed by atoms with van der Waals surface area (Å²) < 4.78 is 11.3. The largest absolute Gasteiger partial charge is 0.490 e. The van der Waals surface area contributed by atoms with Crippen LogP contribution in [0, 0.1) is 12.8 Å². The van der Waals surface area contributed by atoms with Crippen molar-refractivity contribution in [2.75, 3.05) is 33.8 Å². The minimum atomic E-state index is -1.05. The Morgan fingerprint density at radius 2 is 2.06 bits per heavy atom. The molecule has 2 aliphatic rings. The van der Waals surface area contributed by atoms with E-state index in [0.29, 0.717) is 34.8 Å². The summed E-state index contributed by atoms with van der Waals surface area (Å²) in [6.45, 7) is 3.98. The van der Waals surface area contributed by atoms with Crippen LogP contribution in [0.25, 0.3) is 0 Å². The number of hydrogen-bond acceptors (Lipinski definition) is 6. The zero-order valence-corrected chi connectivity index (χ0v) is 18.1. The summed E-state index contributed by atoms with van der Waals surface area (Å²) in [7, 11) is 3.32. The number of amides is 3. The van der Waals surface area contributed by atoms with Crippen molar-refractivity contribution in [3.63, 3.8) is 0 Å². The first-order valence-corrected chi connectivity index (χ1v) is 10.3. The van der Waals surface area contributed by atoms with Crippen LogP contribution in [0.4, 0.5) is 0 Å². The summed E-state index contributed by atoms with van der Waals surface area (Å²) in [5.41, 5.74) is 0.278. The van der Waals surface area contributed by atoms with Crippen molar-refractivity contribution in [2.45, 2.75) is 25.8 Å². The number of benzene rings is 1. The molecular weight excluding hydrogens is 400 g/mol. The Morgan fingerprint density at radius 3 is 2.77 bits per heavy atom. The summed E-state index contributed by atoms with van der Waals surface area (Å²) in [6.07, 6.45) is 0.524. The Hall–Kier alpha value is -3.36. The summed E-state index contributed by atoms with van der Waals surface area (Å²) in [4.78, 5) is 42.6. The second kappa shape index (κ2) is 7.72. The maximum Gasteiger partial charge on any atom is 0.259 e. The molecule has 0 unspecified atom stereocenters. The zero-order chi connectivity index (χ0) is 22.3.